The Morgan fingerprint density at radius 1 is 1.06 bits per heavy atom. The molecule has 2 aliphatic rings. The van der Waals surface area contributed by atoms with Crippen molar-refractivity contribution >= 4 is 29.1 Å². The van der Waals surface area contributed by atoms with E-state index in [0.29, 0.717) is 5.82 Å². The van der Waals surface area contributed by atoms with Crippen molar-refractivity contribution in [3.8, 4) is 11.5 Å². The molecule has 2 aromatic heterocycles. The van der Waals surface area contributed by atoms with Gasteiger partial charge in [0.2, 0.25) is 5.91 Å². The van der Waals surface area contributed by atoms with Crippen molar-refractivity contribution in [2.45, 2.75) is 25.6 Å². The van der Waals surface area contributed by atoms with Crippen LogP contribution in [0.15, 0.2) is 36.8 Å². The first-order valence-corrected chi connectivity index (χ1v) is 11.0. The van der Waals surface area contributed by atoms with E-state index in [1.807, 2.05) is 7.05 Å². The minimum atomic E-state index is -3.67. The van der Waals surface area contributed by atoms with Crippen LogP contribution in [0, 0.1) is 0 Å². The van der Waals surface area contributed by atoms with Gasteiger partial charge in [-0.2, -0.15) is 5.10 Å². The molecule has 14 heteroatoms. The van der Waals surface area contributed by atoms with Gasteiger partial charge in [-0.3, -0.25) is 14.3 Å². The van der Waals surface area contributed by atoms with Gasteiger partial charge in [0.1, 0.15) is 5.82 Å². The van der Waals surface area contributed by atoms with E-state index >= 15 is 0 Å². The van der Waals surface area contributed by atoms with Crippen molar-refractivity contribution in [3.05, 3.63) is 48.0 Å². The molecule has 1 aromatic carbocycles. The van der Waals surface area contributed by atoms with Gasteiger partial charge in [-0.15, -0.1) is 8.78 Å². The van der Waals surface area contributed by atoms with Crippen LogP contribution >= 0.6 is 0 Å². The Hall–Kier alpha value is -4.49. The second-order valence-electron chi connectivity index (χ2n) is 8.06. The summed E-state index contributed by atoms with van der Waals surface area (Å²) in [6, 6.07) is 3.60. The molecule has 0 aliphatic carbocycles. The molecule has 0 bridgehead atoms. The maximum Gasteiger partial charge on any atom is 0.586 e. The minimum absolute atomic E-state index is 0.0880. The summed E-state index contributed by atoms with van der Waals surface area (Å²) < 4.78 is 34.9. The Kier molecular flexibility index (Phi) is 6.85. The van der Waals surface area contributed by atoms with Crippen LogP contribution in [-0.4, -0.2) is 50.9 Å². The number of aryl methyl sites for hydroxylation is 1. The Morgan fingerprint density at radius 3 is 2.42 bits per heavy atom. The van der Waals surface area contributed by atoms with Crippen molar-refractivity contribution in [3.63, 3.8) is 0 Å². The van der Waals surface area contributed by atoms with Crippen LogP contribution in [-0.2, 0) is 7.05 Å². The number of nitrogens with two attached hydrogens (primary N) is 2. The van der Waals surface area contributed by atoms with Crippen LogP contribution in [0.3, 0.4) is 0 Å². The van der Waals surface area contributed by atoms with Crippen molar-refractivity contribution in [1.29, 1.82) is 0 Å². The lowest BCUT2D eigenvalue weighted by atomic mass is 10.1. The molecule has 1 saturated heterocycles. The first-order chi connectivity index (χ1) is 17.1. The second-order valence-corrected chi connectivity index (χ2v) is 8.06. The summed E-state index contributed by atoms with van der Waals surface area (Å²) in [7, 11) is 1.82. The second kappa shape index (κ2) is 10.0. The highest BCUT2D eigenvalue weighted by Gasteiger charge is 2.43. The normalized spacial score (nSPS) is 15.6. The zero-order valence-electron chi connectivity index (χ0n) is 19.3. The summed E-state index contributed by atoms with van der Waals surface area (Å²) in [5.74, 6) is -0.498. The maximum atomic E-state index is 12.5. The lowest BCUT2D eigenvalue weighted by Gasteiger charge is -2.27. The lowest BCUT2D eigenvalue weighted by molar-refractivity contribution is -0.286. The fourth-order valence-corrected chi connectivity index (χ4v) is 3.65. The summed E-state index contributed by atoms with van der Waals surface area (Å²) in [5.41, 5.74) is 11.3. The number of nitrogens with zero attached hydrogens (tertiary/aromatic N) is 5. The SMILES string of the molecule is Cn1cc(Nc2nc(N3CCCCC3)cnc2C(N)=O)cn1.NC(=O)c1ccc2c(c1)OC(F)(F)O2. The van der Waals surface area contributed by atoms with Gasteiger partial charge in [-0.1, -0.05) is 0 Å². The summed E-state index contributed by atoms with van der Waals surface area (Å²) in [4.78, 5) is 33.2. The average Bonchev–Trinajstić information content (AvgIpc) is 3.39. The molecule has 3 aromatic rings. The molecule has 0 atom stereocenters. The van der Waals surface area contributed by atoms with Gasteiger partial charge in [-0.25, -0.2) is 9.97 Å². The number of benzene rings is 1. The van der Waals surface area contributed by atoms with E-state index in [4.69, 9.17) is 11.5 Å². The predicted octanol–water partition coefficient (Wildman–Crippen LogP) is 2.15. The minimum Gasteiger partial charge on any atom is -0.395 e. The number of carbonyl (C=O) groups is 2. The van der Waals surface area contributed by atoms with Crippen molar-refractivity contribution < 1.29 is 27.8 Å². The Labute approximate surface area is 204 Å². The summed E-state index contributed by atoms with van der Waals surface area (Å²) in [5, 5.41) is 7.15. The van der Waals surface area contributed by atoms with Gasteiger partial charge in [0, 0.05) is 31.9 Å². The monoisotopic (exact) mass is 502 g/mol. The van der Waals surface area contributed by atoms with E-state index in [9.17, 15) is 18.4 Å². The number of ether oxygens (including phenoxy) is 2. The predicted molar refractivity (Wildman–Crippen MR) is 124 cm³/mol. The molecular weight excluding hydrogens is 478 g/mol. The van der Waals surface area contributed by atoms with Crippen molar-refractivity contribution in [2.75, 3.05) is 23.3 Å². The number of primary amides is 2. The molecular formula is C22H24F2N8O4. The highest BCUT2D eigenvalue weighted by molar-refractivity contribution is 5.96. The zero-order chi connectivity index (χ0) is 25.9. The number of halogens is 2. The van der Waals surface area contributed by atoms with Crippen LogP contribution in [0.4, 0.5) is 26.1 Å². The molecule has 1 fully saturated rings. The summed E-state index contributed by atoms with van der Waals surface area (Å²) >= 11 is 0. The van der Waals surface area contributed by atoms with E-state index in [2.05, 4.69) is 34.8 Å². The lowest BCUT2D eigenvalue weighted by Crippen LogP contribution is -2.30. The third-order valence-electron chi connectivity index (χ3n) is 5.33. The highest BCUT2D eigenvalue weighted by atomic mass is 19.3. The van der Waals surface area contributed by atoms with E-state index in [0.717, 1.165) is 43.5 Å². The number of alkyl halides is 2. The van der Waals surface area contributed by atoms with Gasteiger partial charge in [0.15, 0.2) is 23.0 Å². The van der Waals surface area contributed by atoms with Gasteiger partial charge < -0.3 is 31.2 Å². The van der Waals surface area contributed by atoms with Crippen LogP contribution in [0.5, 0.6) is 11.5 Å². The molecule has 0 saturated carbocycles. The van der Waals surface area contributed by atoms with Crippen LogP contribution in [0.1, 0.15) is 40.1 Å². The quantitative estimate of drug-likeness (QED) is 0.474. The average molecular weight is 502 g/mol. The fourth-order valence-electron chi connectivity index (χ4n) is 3.65. The third-order valence-corrected chi connectivity index (χ3v) is 5.33. The molecule has 2 aliphatic heterocycles. The van der Waals surface area contributed by atoms with E-state index < -0.39 is 18.1 Å². The topological polar surface area (TPSA) is 164 Å². The van der Waals surface area contributed by atoms with Gasteiger partial charge >= 0.3 is 6.29 Å². The number of fused-ring (bicyclic) bond motifs is 1. The number of rotatable bonds is 5. The molecule has 12 nitrogen and oxygen atoms in total. The van der Waals surface area contributed by atoms with Crippen LogP contribution in [0.25, 0.3) is 0 Å². The van der Waals surface area contributed by atoms with E-state index in [-0.39, 0.29) is 22.8 Å². The smallest absolute Gasteiger partial charge is 0.395 e. The van der Waals surface area contributed by atoms with Crippen molar-refractivity contribution in [1.82, 2.24) is 19.7 Å². The van der Waals surface area contributed by atoms with Gasteiger partial charge in [0.25, 0.3) is 5.91 Å². The van der Waals surface area contributed by atoms with Gasteiger partial charge in [0.05, 0.1) is 18.1 Å². The fraction of sp³-hybridized carbons (Fsp3) is 0.318. The van der Waals surface area contributed by atoms with Crippen LogP contribution < -0.4 is 31.2 Å². The number of hydrogen-bond acceptors (Lipinski definition) is 9. The van der Waals surface area contributed by atoms with E-state index in [1.165, 1.54) is 18.6 Å². The first kappa shape index (κ1) is 24.6. The Morgan fingerprint density at radius 2 is 1.78 bits per heavy atom. The molecule has 0 spiro atoms. The maximum absolute atomic E-state index is 12.5. The number of nitrogens with one attached hydrogen (secondary N) is 1. The molecule has 5 rings (SSSR count). The standard InChI is InChI=1S/C14H19N7O.C8H5F2NO3/c1-20-9-10(7-17-20)18-14-12(13(15)22)16-8-11(19-14)21-5-3-2-4-6-21;9-8(10)13-5-2-1-4(7(11)12)3-6(5)14-8/h7-9H,2-6H2,1H3,(H2,15,22)(H,18,19);1-3H,(H2,11,12). The third kappa shape index (κ3) is 5.76. The highest BCUT2D eigenvalue weighted by Crippen LogP contribution is 2.41. The number of hydrogen-bond donors (Lipinski definition) is 3. The Bertz CT molecular complexity index is 1280. The Balaban J connectivity index is 0.000000187. The number of amides is 2. The molecule has 0 radical (unpaired) electrons. The number of anilines is 3. The largest absolute Gasteiger partial charge is 0.586 e. The molecule has 0 unspecified atom stereocenters. The summed E-state index contributed by atoms with van der Waals surface area (Å²) in [6.45, 7) is 1.91. The number of aromatic nitrogens is 4. The molecule has 36 heavy (non-hydrogen) atoms. The van der Waals surface area contributed by atoms with Crippen molar-refractivity contribution in [2.24, 2.45) is 18.5 Å². The van der Waals surface area contributed by atoms with Gasteiger partial charge in [-0.05, 0) is 37.5 Å². The summed E-state index contributed by atoms with van der Waals surface area (Å²) in [6.07, 6.45) is 4.91. The molecule has 4 heterocycles. The first-order valence-electron chi connectivity index (χ1n) is 11.0. The van der Waals surface area contributed by atoms with E-state index in [1.54, 1.807) is 23.3 Å². The van der Waals surface area contributed by atoms with Crippen LogP contribution in [0.2, 0.25) is 0 Å². The molecule has 2 amide bonds. The zero-order valence-corrected chi connectivity index (χ0v) is 19.3. The molecule has 190 valence electrons. The number of carbonyl (C=O) groups excluding carboxylic acids is 2. The molecule has 5 N–H and O–H groups in total. The number of piperidine rings is 1.